The molecule has 41 heavy (non-hydrogen) atoms. The van der Waals surface area contributed by atoms with Gasteiger partial charge in [0.25, 0.3) is 5.91 Å². The third kappa shape index (κ3) is 12.7. The Labute approximate surface area is 262 Å². The van der Waals surface area contributed by atoms with Crippen LogP contribution in [0.15, 0.2) is 53.6 Å². The number of benzene rings is 2. The van der Waals surface area contributed by atoms with Gasteiger partial charge in [-0.3, -0.25) is 9.59 Å². The van der Waals surface area contributed by atoms with Crippen LogP contribution in [0.4, 0.5) is 5.69 Å². The highest BCUT2D eigenvalue weighted by atomic mass is 79.9. The average molecular weight is 646 g/mol. The molecular formula is C34H49BrN2O3S. The molecule has 2 aromatic rings. The Morgan fingerprint density at radius 3 is 2.05 bits per heavy atom. The number of nitrogens with zero attached hydrogens (tertiary/aromatic N) is 1. The van der Waals surface area contributed by atoms with Crippen LogP contribution in [0.25, 0.3) is 0 Å². The molecule has 0 fully saturated rings. The monoisotopic (exact) mass is 644 g/mol. The Balaban J connectivity index is 0.00000588. The van der Waals surface area contributed by atoms with Crippen molar-refractivity contribution in [3.05, 3.63) is 70.3 Å². The van der Waals surface area contributed by atoms with Gasteiger partial charge >= 0.3 is 0 Å². The Morgan fingerprint density at radius 1 is 0.878 bits per heavy atom. The van der Waals surface area contributed by atoms with Gasteiger partial charge in [0, 0.05) is 18.3 Å². The molecular weight excluding hydrogens is 596 g/mol. The first-order valence-corrected chi connectivity index (χ1v) is 16.2. The largest absolute Gasteiger partial charge is 0.491 e. The summed E-state index contributed by atoms with van der Waals surface area (Å²) in [7, 11) is 0. The van der Waals surface area contributed by atoms with Crippen molar-refractivity contribution in [2.24, 2.45) is 0 Å². The molecule has 0 spiro atoms. The van der Waals surface area contributed by atoms with E-state index in [-0.39, 0.29) is 28.7 Å². The van der Waals surface area contributed by atoms with Gasteiger partial charge in [0.2, 0.25) is 0 Å². The second-order valence-electron chi connectivity index (χ2n) is 10.9. The van der Waals surface area contributed by atoms with Crippen molar-refractivity contribution in [2.75, 3.05) is 17.8 Å². The topological polar surface area (TPSA) is 58.6 Å². The van der Waals surface area contributed by atoms with Crippen molar-refractivity contribution in [1.29, 1.82) is 0 Å². The summed E-state index contributed by atoms with van der Waals surface area (Å²) >= 11 is 1.84. The number of hydrogen-bond donors (Lipinski definition) is 1. The molecule has 3 rings (SSSR count). The first kappa shape index (κ1) is 34.9. The Bertz CT molecular complexity index is 1100. The van der Waals surface area contributed by atoms with E-state index in [9.17, 15) is 9.59 Å². The Kier molecular flexibility index (Phi) is 16.9. The fourth-order valence-corrected chi connectivity index (χ4v) is 5.74. The van der Waals surface area contributed by atoms with E-state index in [2.05, 4.69) is 30.3 Å². The molecule has 0 aromatic heterocycles. The molecule has 0 bridgehead atoms. The number of ether oxygens (including phenoxy) is 1. The van der Waals surface area contributed by atoms with Gasteiger partial charge in [0.1, 0.15) is 0 Å². The molecule has 0 aliphatic carbocycles. The smallest absolute Gasteiger partial charge is 0.255 e. The molecule has 7 heteroatoms. The van der Waals surface area contributed by atoms with Gasteiger partial charge < -0.3 is 15.0 Å². The number of halogens is 1. The molecule has 1 N–H and O–H groups in total. The lowest BCUT2D eigenvalue weighted by atomic mass is 10.1. The van der Waals surface area contributed by atoms with E-state index in [0.717, 1.165) is 30.8 Å². The van der Waals surface area contributed by atoms with Gasteiger partial charge in [-0.15, -0.1) is 28.7 Å². The second kappa shape index (κ2) is 19.8. The number of hydrogen-bond acceptors (Lipinski definition) is 5. The van der Waals surface area contributed by atoms with Gasteiger partial charge in [-0.05, 0) is 55.0 Å². The van der Waals surface area contributed by atoms with Crippen LogP contribution in [0.3, 0.4) is 0 Å². The van der Waals surface area contributed by atoms with Crippen LogP contribution in [0, 0.1) is 0 Å². The zero-order valence-corrected chi connectivity index (χ0v) is 27.7. The molecule has 1 amide bonds. The molecule has 1 heterocycles. The van der Waals surface area contributed by atoms with E-state index in [1.807, 2.05) is 36.0 Å². The molecule has 1 aliphatic heterocycles. The zero-order chi connectivity index (χ0) is 28.6. The number of nitrogens with one attached hydrogen (secondary N) is 1. The highest BCUT2D eigenvalue weighted by molar-refractivity contribution is 8.93. The Morgan fingerprint density at radius 2 is 1.49 bits per heavy atom. The number of rotatable bonds is 19. The first-order valence-electron chi connectivity index (χ1n) is 15.2. The Hall–Kier alpha value is -2.25. The second-order valence-corrected chi connectivity index (χ2v) is 12.1. The van der Waals surface area contributed by atoms with Crippen molar-refractivity contribution in [3.8, 4) is 5.75 Å². The summed E-state index contributed by atoms with van der Waals surface area (Å²) in [6, 6.07) is 13.1. The zero-order valence-electron chi connectivity index (χ0n) is 25.2. The van der Waals surface area contributed by atoms with Crippen LogP contribution in [0.2, 0.25) is 0 Å². The standard InChI is InChI=1S/C34H48N2O3S.BrH/c1-4-5-6-7-8-9-10-11-12-13-14-15-23-39-33-31(28(3)37)17-16-18-32(33)35-34(38)30-21-19-29(20-22-30)25-36-24-27(2)40-26-36;/h16-22,24H,4-15,23,25-26H2,1-3H3,(H,35,38);1H. The van der Waals surface area contributed by atoms with Gasteiger partial charge in [0.05, 0.1) is 23.7 Å². The molecule has 2 aromatic carbocycles. The third-order valence-electron chi connectivity index (χ3n) is 7.31. The molecule has 0 radical (unpaired) electrons. The summed E-state index contributed by atoms with van der Waals surface area (Å²) < 4.78 is 6.11. The van der Waals surface area contributed by atoms with E-state index in [1.54, 1.807) is 18.2 Å². The van der Waals surface area contributed by atoms with Crippen LogP contribution in [0.1, 0.15) is 124 Å². The lowest BCUT2D eigenvalue weighted by molar-refractivity contribution is 0.100. The lowest BCUT2D eigenvalue weighted by Gasteiger charge is -2.16. The molecule has 0 saturated heterocycles. The van der Waals surface area contributed by atoms with Crippen LogP contribution in [0.5, 0.6) is 5.75 Å². The number of para-hydroxylation sites is 1. The molecule has 5 nitrogen and oxygen atoms in total. The maximum atomic E-state index is 13.1. The van der Waals surface area contributed by atoms with Crippen LogP contribution in [-0.2, 0) is 6.54 Å². The van der Waals surface area contributed by atoms with Crippen molar-refractivity contribution in [1.82, 2.24) is 4.90 Å². The maximum Gasteiger partial charge on any atom is 0.255 e. The number of allylic oxidation sites excluding steroid dienone is 1. The molecule has 0 saturated carbocycles. The number of thioether (sulfide) groups is 1. The average Bonchev–Trinajstić information content (AvgIpc) is 3.36. The number of amides is 1. The van der Waals surface area contributed by atoms with E-state index in [0.29, 0.717) is 29.2 Å². The summed E-state index contributed by atoms with van der Waals surface area (Å²) in [6.45, 7) is 7.27. The number of Topliss-reactive ketones (excluding diaryl/α,β-unsaturated/α-hetero) is 1. The molecule has 0 unspecified atom stereocenters. The fraction of sp³-hybridized carbons (Fsp3) is 0.529. The minimum atomic E-state index is -0.213. The van der Waals surface area contributed by atoms with Gasteiger partial charge in [-0.25, -0.2) is 0 Å². The highest BCUT2D eigenvalue weighted by Crippen LogP contribution is 2.31. The summed E-state index contributed by atoms with van der Waals surface area (Å²) in [5.74, 6) is 1.14. The molecule has 0 atom stereocenters. The highest BCUT2D eigenvalue weighted by Gasteiger charge is 2.17. The van der Waals surface area contributed by atoms with E-state index >= 15 is 0 Å². The van der Waals surface area contributed by atoms with Crippen molar-refractivity contribution in [3.63, 3.8) is 0 Å². The van der Waals surface area contributed by atoms with Crippen molar-refractivity contribution >= 4 is 46.1 Å². The minimum Gasteiger partial charge on any atom is -0.491 e. The van der Waals surface area contributed by atoms with Gasteiger partial charge in [-0.2, -0.15) is 0 Å². The fourth-order valence-electron chi connectivity index (χ4n) is 4.98. The van der Waals surface area contributed by atoms with E-state index in [1.165, 1.54) is 76.0 Å². The van der Waals surface area contributed by atoms with Crippen LogP contribution in [-0.4, -0.2) is 29.1 Å². The van der Waals surface area contributed by atoms with Gasteiger partial charge in [0.15, 0.2) is 11.5 Å². The molecule has 1 aliphatic rings. The number of anilines is 1. The van der Waals surface area contributed by atoms with Crippen LogP contribution < -0.4 is 10.1 Å². The minimum absolute atomic E-state index is 0. The predicted molar refractivity (Wildman–Crippen MR) is 179 cm³/mol. The van der Waals surface area contributed by atoms with Crippen LogP contribution >= 0.6 is 28.7 Å². The summed E-state index contributed by atoms with van der Waals surface area (Å²) in [4.78, 5) is 29.0. The summed E-state index contributed by atoms with van der Waals surface area (Å²) in [5.41, 5.74) is 2.77. The van der Waals surface area contributed by atoms with Crippen molar-refractivity contribution in [2.45, 2.75) is 104 Å². The first-order chi connectivity index (χ1) is 19.5. The maximum absolute atomic E-state index is 13.1. The van der Waals surface area contributed by atoms with Gasteiger partial charge in [-0.1, -0.05) is 95.8 Å². The molecule has 226 valence electrons. The number of unbranched alkanes of at least 4 members (excludes halogenated alkanes) is 11. The summed E-state index contributed by atoms with van der Waals surface area (Å²) in [5, 5.41) is 2.98. The summed E-state index contributed by atoms with van der Waals surface area (Å²) in [6.07, 6.45) is 17.5. The normalized spacial score (nSPS) is 12.6. The van der Waals surface area contributed by atoms with Crippen molar-refractivity contribution < 1.29 is 14.3 Å². The van der Waals surface area contributed by atoms with E-state index in [4.69, 9.17) is 4.74 Å². The van der Waals surface area contributed by atoms with E-state index < -0.39 is 0 Å². The quantitative estimate of drug-likeness (QED) is 0.122. The number of ketones is 1. The number of carbonyl (C=O) groups excluding carboxylic acids is 2. The lowest BCUT2D eigenvalue weighted by Crippen LogP contribution is -2.15. The predicted octanol–water partition coefficient (Wildman–Crippen LogP) is 10.2. The SMILES string of the molecule is Br.CCCCCCCCCCCCCCOc1c(NC(=O)c2ccc(CN3C=C(C)SC3)cc2)cccc1C(C)=O. The third-order valence-corrected chi connectivity index (χ3v) is 8.33. The number of carbonyl (C=O) groups is 2.